The SMILES string of the molecule is C[C@@H]1C(NC(=O)OCc2ccccc2)c2cc[nH]c(=O)c2NC1C1CC1. The van der Waals surface area contributed by atoms with Crippen LogP contribution < -0.4 is 16.2 Å². The minimum absolute atomic E-state index is 0.149. The number of hydrogen-bond acceptors (Lipinski definition) is 4. The molecule has 0 spiro atoms. The molecule has 6 heteroatoms. The maximum atomic E-state index is 12.4. The van der Waals surface area contributed by atoms with E-state index in [4.69, 9.17) is 4.74 Å². The van der Waals surface area contributed by atoms with Gasteiger partial charge in [0.2, 0.25) is 0 Å². The second kappa shape index (κ2) is 6.86. The van der Waals surface area contributed by atoms with Gasteiger partial charge in [-0.1, -0.05) is 37.3 Å². The number of pyridine rings is 1. The van der Waals surface area contributed by atoms with Crippen LogP contribution in [-0.2, 0) is 11.3 Å². The third-order valence-corrected chi connectivity index (χ3v) is 5.35. The summed E-state index contributed by atoms with van der Waals surface area (Å²) in [4.78, 5) is 27.3. The lowest BCUT2D eigenvalue weighted by Gasteiger charge is -2.38. The molecule has 0 saturated heterocycles. The number of hydrogen-bond donors (Lipinski definition) is 3. The fraction of sp³-hybridized carbons (Fsp3) is 0.400. The number of rotatable bonds is 4. The molecule has 2 unspecified atom stereocenters. The molecular formula is C20H23N3O3. The fourth-order valence-electron chi connectivity index (χ4n) is 3.79. The molecule has 0 radical (unpaired) electrons. The number of ether oxygens (including phenoxy) is 1. The normalized spacial score (nSPS) is 24.3. The highest BCUT2D eigenvalue weighted by Crippen LogP contribution is 2.44. The minimum atomic E-state index is -0.464. The standard InChI is InChI=1S/C20H23N3O3/c1-12-16(14-7-8-14)22-18-15(9-10-21-19(18)24)17(12)23-20(25)26-11-13-5-3-2-4-6-13/h2-6,9-10,12,14,16-17,22H,7-8,11H2,1H3,(H,21,24)(H,23,25)/t12-,16?,17?/m0/s1. The Labute approximate surface area is 152 Å². The zero-order chi connectivity index (χ0) is 18.1. The molecule has 2 aromatic rings. The number of fused-ring (bicyclic) bond motifs is 1. The lowest BCUT2D eigenvalue weighted by atomic mass is 9.82. The molecular weight excluding hydrogens is 330 g/mol. The number of aromatic amines is 1. The predicted molar refractivity (Wildman–Crippen MR) is 98.9 cm³/mol. The van der Waals surface area contributed by atoms with Gasteiger partial charge in [0, 0.05) is 23.7 Å². The van der Waals surface area contributed by atoms with Crippen LogP contribution in [0.2, 0.25) is 0 Å². The van der Waals surface area contributed by atoms with Crippen LogP contribution in [0.25, 0.3) is 0 Å². The summed E-state index contributed by atoms with van der Waals surface area (Å²) in [6.07, 6.45) is 3.48. The number of nitrogens with one attached hydrogen (secondary N) is 3. The van der Waals surface area contributed by atoms with E-state index in [1.54, 1.807) is 6.20 Å². The summed E-state index contributed by atoms with van der Waals surface area (Å²) in [7, 11) is 0. The molecule has 1 aliphatic heterocycles. The summed E-state index contributed by atoms with van der Waals surface area (Å²) in [5.41, 5.74) is 2.17. The largest absolute Gasteiger partial charge is 0.445 e. The van der Waals surface area contributed by atoms with E-state index < -0.39 is 6.09 Å². The first-order chi connectivity index (χ1) is 12.6. The summed E-state index contributed by atoms with van der Waals surface area (Å²) in [6.45, 7) is 2.34. The van der Waals surface area contributed by atoms with E-state index >= 15 is 0 Å². The van der Waals surface area contributed by atoms with Crippen molar-refractivity contribution < 1.29 is 9.53 Å². The highest BCUT2D eigenvalue weighted by molar-refractivity contribution is 5.69. The van der Waals surface area contributed by atoms with Crippen molar-refractivity contribution in [3.63, 3.8) is 0 Å². The van der Waals surface area contributed by atoms with Crippen molar-refractivity contribution in [3.05, 3.63) is 64.1 Å². The van der Waals surface area contributed by atoms with E-state index in [1.165, 1.54) is 0 Å². The number of benzene rings is 1. The fourth-order valence-corrected chi connectivity index (χ4v) is 3.79. The van der Waals surface area contributed by atoms with Gasteiger partial charge in [-0.3, -0.25) is 4.79 Å². The first-order valence-electron chi connectivity index (χ1n) is 9.09. The highest BCUT2D eigenvalue weighted by atomic mass is 16.5. The lowest BCUT2D eigenvalue weighted by Crippen LogP contribution is -2.46. The number of alkyl carbamates (subject to hydrolysis) is 1. The quantitative estimate of drug-likeness (QED) is 0.788. The van der Waals surface area contributed by atoms with Crippen LogP contribution in [0.15, 0.2) is 47.4 Å². The van der Waals surface area contributed by atoms with E-state index in [0.717, 1.165) is 24.0 Å². The second-order valence-electron chi connectivity index (χ2n) is 7.19. The summed E-state index contributed by atoms with van der Waals surface area (Å²) in [5.74, 6) is 0.725. The van der Waals surface area contributed by atoms with Gasteiger partial charge in [0.15, 0.2) is 0 Å². The summed E-state index contributed by atoms with van der Waals surface area (Å²) in [5, 5.41) is 6.38. The van der Waals surface area contributed by atoms with Crippen molar-refractivity contribution in [2.75, 3.05) is 5.32 Å². The van der Waals surface area contributed by atoms with Crippen molar-refractivity contribution in [2.24, 2.45) is 11.8 Å². The zero-order valence-corrected chi connectivity index (χ0v) is 14.7. The molecule has 1 fully saturated rings. The molecule has 1 aliphatic carbocycles. The van der Waals surface area contributed by atoms with Gasteiger partial charge < -0.3 is 20.4 Å². The van der Waals surface area contributed by atoms with Gasteiger partial charge in [0.05, 0.1) is 6.04 Å². The van der Waals surface area contributed by atoms with Crippen molar-refractivity contribution in [1.29, 1.82) is 0 Å². The van der Waals surface area contributed by atoms with Gasteiger partial charge in [0.1, 0.15) is 12.3 Å². The van der Waals surface area contributed by atoms with Crippen molar-refractivity contribution >= 4 is 11.8 Å². The third kappa shape index (κ3) is 3.31. The Morgan fingerprint density at radius 2 is 2.00 bits per heavy atom. The van der Waals surface area contributed by atoms with Crippen LogP contribution in [0.5, 0.6) is 0 Å². The zero-order valence-electron chi connectivity index (χ0n) is 14.7. The Morgan fingerprint density at radius 3 is 2.73 bits per heavy atom. The Bertz CT molecular complexity index is 845. The van der Waals surface area contributed by atoms with Crippen LogP contribution in [0, 0.1) is 11.8 Å². The maximum absolute atomic E-state index is 12.4. The van der Waals surface area contributed by atoms with E-state index in [1.807, 2.05) is 36.4 Å². The Balaban J connectivity index is 1.51. The molecule has 1 amide bonds. The van der Waals surface area contributed by atoms with Gasteiger partial charge in [-0.2, -0.15) is 0 Å². The average Bonchev–Trinajstić information content (AvgIpc) is 3.48. The molecule has 1 saturated carbocycles. The van der Waals surface area contributed by atoms with E-state index in [2.05, 4.69) is 22.5 Å². The number of amides is 1. The van der Waals surface area contributed by atoms with Crippen LogP contribution in [0.3, 0.4) is 0 Å². The molecule has 3 atom stereocenters. The maximum Gasteiger partial charge on any atom is 0.407 e. The van der Waals surface area contributed by atoms with Gasteiger partial charge in [-0.05, 0) is 30.4 Å². The van der Waals surface area contributed by atoms with Crippen molar-refractivity contribution in [1.82, 2.24) is 10.3 Å². The van der Waals surface area contributed by atoms with Gasteiger partial charge in [0.25, 0.3) is 5.56 Å². The summed E-state index contributed by atoms with van der Waals surface area (Å²) in [6, 6.07) is 11.4. The Kier molecular flexibility index (Phi) is 4.41. The number of aromatic nitrogens is 1. The van der Waals surface area contributed by atoms with Crippen LogP contribution >= 0.6 is 0 Å². The molecule has 4 rings (SSSR count). The molecule has 136 valence electrons. The van der Waals surface area contributed by atoms with Gasteiger partial charge >= 0.3 is 6.09 Å². The number of carbonyl (C=O) groups excluding carboxylic acids is 1. The highest BCUT2D eigenvalue weighted by Gasteiger charge is 2.43. The molecule has 26 heavy (non-hydrogen) atoms. The monoisotopic (exact) mass is 353 g/mol. The van der Waals surface area contributed by atoms with E-state index in [9.17, 15) is 9.59 Å². The lowest BCUT2D eigenvalue weighted by molar-refractivity contribution is 0.130. The number of carbonyl (C=O) groups is 1. The van der Waals surface area contributed by atoms with Gasteiger partial charge in [-0.25, -0.2) is 4.79 Å². The predicted octanol–water partition coefficient (Wildman–Crippen LogP) is 3.18. The minimum Gasteiger partial charge on any atom is -0.445 e. The smallest absolute Gasteiger partial charge is 0.407 e. The molecule has 0 bridgehead atoms. The first kappa shape index (κ1) is 16.7. The Morgan fingerprint density at radius 1 is 1.23 bits per heavy atom. The molecule has 2 aliphatic rings. The second-order valence-corrected chi connectivity index (χ2v) is 7.19. The molecule has 6 nitrogen and oxygen atoms in total. The van der Waals surface area contributed by atoms with Crippen LogP contribution in [-0.4, -0.2) is 17.1 Å². The molecule has 2 heterocycles. The van der Waals surface area contributed by atoms with E-state index in [-0.39, 0.29) is 30.2 Å². The molecule has 1 aromatic heterocycles. The third-order valence-electron chi connectivity index (χ3n) is 5.35. The van der Waals surface area contributed by atoms with Crippen molar-refractivity contribution in [3.8, 4) is 0 Å². The van der Waals surface area contributed by atoms with Gasteiger partial charge in [-0.15, -0.1) is 0 Å². The first-order valence-corrected chi connectivity index (χ1v) is 9.09. The molecule has 1 aromatic carbocycles. The summed E-state index contributed by atoms with van der Waals surface area (Å²) >= 11 is 0. The molecule has 3 N–H and O–H groups in total. The average molecular weight is 353 g/mol. The van der Waals surface area contributed by atoms with Crippen LogP contribution in [0.1, 0.15) is 36.9 Å². The number of anilines is 1. The van der Waals surface area contributed by atoms with Crippen LogP contribution in [0.4, 0.5) is 10.5 Å². The van der Waals surface area contributed by atoms with Crippen molar-refractivity contribution in [2.45, 2.75) is 38.5 Å². The summed E-state index contributed by atoms with van der Waals surface area (Å²) < 4.78 is 5.38. The van der Waals surface area contributed by atoms with E-state index in [0.29, 0.717) is 11.6 Å². The Hall–Kier alpha value is -2.76. The topological polar surface area (TPSA) is 83.2 Å². The number of H-pyrrole nitrogens is 1.